The molecule has 134 valence electrons. The number of fused-ring (bicyclic) bond motifs is 3. The van der Waals surface area contributed by atoms with E-state index in [4.69, 9.17) is 5.26 Å². The fraction of sp³-hybridized carbons (Fsp3) is 0.273. The molecule has 1 N–H and O–H groups in total. The molecule has 0 unspecified atom stereocenters. The topological polar surface area (TPSA) is 55.7 Å². The Morgan fingerprint density at radius 3 is 2.96 bits per heavy atom. The fourth-order valence-electron chi connectivity index (χ4n) is 3.46. The van der Waals surface area contributed by atoms with Crippen LogP contribution in [0, 0.1) is 23.2 Å². The van der Waals surface area contributed by atoms with Gasteiger partial charge in [0.25, 0.3) is 0 Å². The van der Waals surface area contributed by atoms with Crippen molar-refractivity contribution in [1.29, 1.82) is 5.26 Å². The summed E-state index contributed by atoms with van der Waals surface area (Å²) < 4.78 is 0. The van der Waals surface area contributed by atoms with Gasteiger partial charge in [0.1, 0.15) is 0 Å². The minimum atomic E-state index is 0.478. The van der Waals surface area contributed by atoms with E-state index in [9.17, 15) is 0 Å². The highest BCUT2D eigenvalue weighted by molar-refractivity contribution is 7.11. The van der Waals surface area contributed by atoms with Crippen LogP contribution >= 0.6 is 11.3 Å². The molecule has 0 radical (unpaired) electrons. The Balaban J connectivity index is 1.61. The second-order valence-electron chi connectivity index (χ2n) is 6.99. The van der Waals surface area contributed by atoms with Gasteiger partial charge >= 0.3 is 0 Å². The van der Waals surface area contributed by atoms with Crippen LogP contribution in [0.15, 0.2) is 29.6 Å². The van der Waals surface area contributed by atoms with Crippen molar-refractivity contribution in [2.45, 2.75) is 25.8 Å². The fourth-order valence-corrected chi connectivity index (χ4v) is 4.22. The summed E-state index contributed by atoms with van der Waals surface area (Å²) in [6.45, 7) is 0.933. The number of nitrogens with zero attached hydrogens (tertiary/aromatic N) is 3. The predicted octanol–water partition coefficient (Wildman–Crippen LogP) is 4.43. The van der Waals surface area contributed by atoms with Gasteiger partial charge in [-0.25, -0.2) is 0 Å². The van der Waals surface area contributed by atoms with Crippen LogP contribution in [-0.2, 0) is 13.0 Å². The molecule has 5 heteroatoms. The van der Waals surface area contributed by atoms with Crippen molar-refractivity contribution in [3.63, 3.8) is 0 Å². The summed E-state index contributed by atoms with van der Waals surface area (Å²) >= 11 is 1.63. The number of H-pyrrole nitrogens is 1. The normalized spacial score (nSPS) is 11.6. The smallest absolute Gasteiger partial charge is 0.0971 e. The third-order valence-corrected chi connectivity index (χ3v) is 5.47. The molecule has 27 heavy (non-hydrogen) atoms. The highest BCUT2D eigenvalue weighted by atomic mass is 32.1. The Morgan fingerprint density at radius 1 is 1.26 bits per heavy atom. The van der Waals surface area contributed by atoms with Crippen LogP contribution < -0.4 is 0 Å². The number of hydrogen-bond acceptors (Lipinski definition) is 4. The lowest BCUT2D eigenvalue weighted by molar-refractivity contribution is 0.402. The standard InChI is InChI=1S/C22H20N4S/c1-26(2)13-15-7-8-16-12-20-21(24-25-22(20)19(16)10-15)17-11-18(27-14-17)6-4-3-5-9-23/h7-8,10-11,14H,3,5,12-13H2,1-2H3,(H,24,25). The summed E-state index contributed by atoms with van der Waals surface area (Å²) in [5.74, 6) is 6.20. The third-order valence-electron chi connectivity index (χ3n) is 4.62. The van der Waals surface area contributed by atoms with Crippen molar-refractivity contribution in [2.24, 2.45) is 0 Å². The first-order valence-corrected chi connectivity index (χ1v) is 9.82. The summed E-state index contributed by atoms with van der Waals surface area (Å²) in [5, 5.41) is 18.6. The molecule has 0 saturated heterocycles. The molecule has 0 bridgehead atoms. The number of nitriles is 1. The highest BCUT2D eigenvalue weighted by Crippen LogP contribution is 2.41. The predicted molar refractivity (Wildman–Crippen MR) is 109 cm³/mol. The van der Waals surface area contributed by atoms with Gasteiger partial charge < -0.3 is 4.90 Å². The minimum Gasteiger partial charge on any atom is -0.305 e. The maximum Gasteiger partial charge on any atom is 0.0971 e. The van der Waals surface area contributed by atoms with Gasteiger partial charge in [-0.1, -0.05) is 24.0 Å². The molecule has 1 aliphatic carbocycles. The first-order chi connectivity index (χ1) is 13.2. The van der Waals surface area contributed by atoms with E-state index in [2.05, 4.69) is 76.7 Å². The van der Waals surface area contributed by atoms with E-state index in [-0.39, 0.29) is 0 Å². The van der Waals surface area contributed by atoms with Crippen LogP contribution in [-0.4, -0.2) is 29.2 Å². The van der Waals surface area contributed by atoms with Crippen LogP contribution in [0.25, 0.3) is 22.5 Å². The van der Waals surface area contributed by atoms with E-state index >= 15 is 0 Å². The van der Waals surface area contributed by atoms with Gasteiger partial charge in [0, 0.05) is 47.9 Å². The molecule has 0 atom stereocenters. The number of rotatable bonds is 4. The van der Waals surface area contributed by atoms with Gasteiger partial charge in [-0.3, -0.25) is 5.10 Å². The molecule has 3 aromatic rings. The number of thiophene rings is 1. The van der Waals surface area contributed by atoms with E-state index in [0.717, 1.165) is 34.8 Å². The van der Waals surface area contributed by atoms with E-state index < -0.39 is 0 Å². The first kappa shape index (κ1) is 17.5. The molecule has 0 aliphatic heterocycles. The zero-order valence-corrected chi connectivity index (χ0v) is 16.3. The van der Waals surface area contributed by atoms with Crippen molar-refractivity contribution in [3.8, 4) is 40.4 Å². The molecule has 0 spiro atoms. The van der Waals surface area contributed by atoms with E-state index in [1.54, 1.807) is 11.3 Å². The second-order valence-corrected chi connectivity index (χ2v) is 7.90. The molecule has 0 amide bonds. The molecule has 4 nitrogen and oxygen atoms in total. The van der Waals surface area contributed by atoms with Gasteiger partial charge in [0.15, 0.2) is 0 Å². The van der Waals surface area contributed by atoms with Crippen molar-refractivity contribution in [2.75, 3.05) is 14.1 Å². The summed E-state index contributed by atoms with van der Waals surface area (Å²) in [6.07, 6.45) is 2.01. The van der Waals surface area contributed by atoms with Crippen molar-refractivity contribution >= 4 is 11.3 Å². The zero-order valence-electron chi connectivity index (χ0n) is 15.5. The van der Waals surface area contributed by atoms with E-state index in [1.165, 1.54) is 22.3 Å². The summed E-state index contributed by atoms with van der Waals surface area (Å²) in [6, 6.07) is 11.0. The Bertz CT molecular complexity index is 1090. The number of hydrogen-bond donors (Lipinski definition) is 1. The number of benzene rings is 1. The molecule has 1 aromatic carbocycles. The van der Waals surface area contributed by atoms with Crippen molar-refractivity contribution in [3.05, 3.63) is 51.2 Å². The molecular weight excluding hydrogens is 352 g/mol. The van der Waals surface area contributed by atoms with Crippen LogP contribution in [0.3, 0.4) is 0 Å². The number of aromatic nitrogens is 2. The van der Waals surface area contributed by atoms with Crippen LogP contribution in [0.2, 0.25) is 0 Å². The van der Waals surface area contributed by atoms with Crippen molar-refractivity contribution in [1.82, 2.24) is 15.1 Å². The SMILES string of the molecule is CN(C)Cc1ccc2c(c1)-c1[nH]nc(-c3csc(C#CCCC#N)c3)c1C2. The molecule has 1 aliphatic rings. The molecular formula is C22H20N4S. The Hall–Kier alpha value is -2.86. The molecule has 0 fully saturated rings. The van der Waals surface area contributed by atoms with Crippen LogP contribution in [0.1, 0.15) is 34.4 Å². The van der Waals surface area contributed by atoms with E-state index in [1.807, 2.05) is 0 Å². The van der Waals surface area contributed by atoms with Gasteiger partial charge in [-0.15, -0.1) is 11.3 Å². The lowest BCUT2D eigenvalue weighted by atomic mass is 10.1. The first-order valence-electron chi connectivity index (χ1n) is 8.94. The molecule has 0 saturated carbocycles. The van der Waals surface area contributed by atoms with Gasteiger partial charge in [-0.05, 0) is 37.4 Å². The molecule has 2 heterocycles. The van der Waals surface area contributed by atoms with Crippen molar-refractivity contribution < 1.29 is 0 Å². The van der Waals surface area contributed by atoms with E-state index in [0.29, 0.717) is 12.8 Å². The number of nitrogens with one attached hydrogen (secondary N) is 1. The Labute approximate surface area is 163 Å². The average Bonchev–Trinajstić information content (AvgIpc) is 3.33. The van der Waals surface area contributed by atoms with Gasteiger partial charge in [0.2, 0.25) is 0 Å². The lowest BCUT2D eigenvalue weighted by Crippen LogP contribution is -2.10. The zero-order chi connectivity index (χ0) is 18.8. The summed E-state index contributed by atoms with van der Waals surface area (Å²) in [7, 11) is 4.18. The van der Waals surface area contributed by atoms with Gasteiger partial charge in [-0.2, -0.15) is 10.4 Å². The Kier molecular flexibility index (Phi) is 4.81. The Morgan fingerprint density at radius 2 is 2.15 bits per heavy atom. The highest BCUT2D eigenvalue weighted by Gasteiger charge is 2.25. The lowest BCUT2D eigenvalue weighted by Gasteiger charge is -2.10. The monoisotopic (exact) mass is 372 g/mol. The molecule has 4 rings (SSSR count). The number of aromatic amines is 1. The quantitative estimate of drug-likeness (QED) is 0.426. The maximum absolute atomic E-state index is 8.59. The largest absolute Gasteiger partial charge is 0.305 e. The third kappa shape index (κ3) is 3.53. The summed E-state index contributed by atoms with van der Waals surface area (Å²) in [5.41, 5.74) is 8.50. The minimum absolute atomic E-state index is 0.478. The molecule has 2 aromatic heterocycles. The van der Waals surface area contributed by atoms with Crippen LogP contribution in [0.5, 0.6) is 0 Å². The maximum atomic E-state index is 8.59. The van der Waals surface area contributed by atoms with Gasteiger partial charge in [0.05, 0.1) is 22.3 Å². The number of unbranched alkanes of at least 4 members (excludes halogenated alkanes) is 1. The van der Waals surface area contributed by atoms with Crippen LogP contribution in [0.4, 0.5) is 0 Å². The average molecular weight is 372 g/mol. The summed E-state index contributed by atoms with van der Waals surface area (Å²) in [4.78, 5) is 3.20. The second kappa shape index (κ2) is 7.40.